The number of halogens is 1. The molecule has 1 atom stereocenters. The molecule has 0 radical (unpaired) electrons. The van der Waals surface area contributed by atoms with Crippen molar-refractivity contribution in [3.63, 3.8) is 0 Å². The summed E-state index contributed by atoms with van der Waals surface area (Å²) in [6.45, 7) is 2.72. The van der Waals surface area contributed by atoms with Gasteiger partial charge in [-0.2, -0.15) is 0 Å². The molecule has 160 valence electrons. The second kappa shape index (κ2) is 8.17. The molecule has 0 saturated heterocycles. The van der Waals surface area contributed by atoms with E-state index in [4.69, 9.17) is 20.8 Å². The summed E-state index contributed by atoms with van der Waals surface area (Å²) in [7, 11) is 0. The summed E-state index contributed by atoms with van der Waals surface area (Å²) < 4.78 is 11.5. The van der Waals surface area contributed by atoms with E-state index < -0.39 is 6.04 Å². The Morgan fingerprint density at radius 1 is 0.969 bits per heavy atom. The van der Waals surface area contributed by atoms with Crippen molar-refractivity contribution in [3.05, 3.63) is 110 Å². The summed E-state index contributed by atoms with van der Waals surface area (Å²) in [6, 6.07) is 21.2. The molecule has 6 heteroatoms. The van der Waals surface area contributed by atoms with Gasteiger partial charge in [0.1, 0.15) is 11.3 Å². The highest BCUT2D eigenvalue weighted by Crippen LogP contribution is 2.40. The van der Waals surface area contributed by atoms with Crippen LogP contribution in [0.5, 0.6) is 5.75 Å². The SMILES string of the molecule is CCOc1ccc(C2c3c(oc4ccccc4c3=O)C(=O)N2Cc2ccccc2Cl)cc1. The summed E-state index contributed by atoms with van der Waals surface area (Å²) in [6.07, 6.45) is 0. The van der Waals surface area contributed by atoms with E-state index in [0.29, 0.717) is 28.2 Å². The summed E-state index contributed by atoms with van der Waals surface area (Å²) in [5, 5.41) is 1.01. The highest BCUT2D eigenvalue weighted by molar-refractivity contribution is 6.31. The highest BCUT2D eigenvalue weighted by atomic mass is 35.5. The number of amides is 1. The van der Waals surface area contributed by atoms with Crippen molar-refractivity contribution < 1.29 is 13.9 Å². The topological polar surface area (TPSA) is 59.8 Å². The fourth-order valence-electron chi connectivity index (χ4n) is 4.20. The first-order chi connectivity index (χ1) is 15.6. The number of ether oxygens (including phenoxy) is 1. The zero-order valence-electron chi connectivity index (χ0n) is 17.4. The molecule has 4 aromatic rings. The number of carbonyl (C=O) groups excluding carboxylic acids is 1. The maximum atomic E-state index is 13.5. The van der Waals surface area contributed by atoms with E-state index in [0.717, 1.165) is 16.9 Å². The van der Waals surface area contributed by atoms with Crippen molar-refractivity contribution >= 4 is 28.5 Å². The predicted molar refractivity (Wildman–Crippen MR) is 123 cm³/mol. The normalized spacial score (nSPS) is 15.2. The number of para-hydroxylation sites is 1. The molecule has 0 bridgehead atoms. The van der Waals surface area contributed by atoms with Gasteiger partial charge in [0, 0.05) is 11.6 Å². The average Bonchev–Trinajstić information content (AvgIpc) is 3.08. The van der Waals surface area contributed by atoms with Crippen molar-refractivity contribution in [2.24, 2.45) is 0 Å². The fraction of sp³-hybridized carbons (Fsp3) is 0.154. The van der Waals surface area contributed by atoms with Gasteiger partial charge in [-0.25, -0.2) is 0 Å². The third kappa shape index (κ3) is 3.35. The Morgan fingerprint density at radius 2 is 1.69 bits per heavy atom. The van der Waals surface area contributed by atoms with E-state index in [1.54, 1.807) is 35.2 Å². The first-order valence-electron chi connectivity index (χ1n) is 10.4. The third-order valence-electron chi connectivity index (χ3n) is 5.68. The number of benzene rings is 3. The lowest BCUT2D eigenvalue weighted by atomic mass is 9.98. The molecule has 3 aromatic carbocycles. The molecule has 1 aliphatic rings. The van der Waals surface area contributed by atoms with Crippen LogP contribution >= 0.6 is 11.6 Å². The standard InChI is InChI=1S/C26H20ClNO4/c1-2-31-18-13-11-16(12-14-18)23-22-24(29)19-8-4-6-10-21(19)32-25(22)26(30)28(23)15-17-7-3-5-9-20(17)27/h3-14,23H,2,15H2,1H3. The van der Waals surface area contributed by atoms with Crippen LogP contribution in [0.1, 0.15) is 40.2 Å². The molecule has 5 rings (SSSR count). The Balaban J connectivity index is 1.69. The maximum absolute atomic E-state index is 13.5. The van der Waals surface area contributed by atoms with Gasteiger partial charge >= 0.3 is 0 Å². The molecular weight excluding hydrogens is 426 g/mol. The van der Waals surface area contributed by atoms with E-state index in [9.17, 15) is 9.59 Å². The van der Waals surface area contributed by atoms with Crippen molar-refractivity contribution in [2.75, 3.05) is 6.61 Å². The first kappa shape index (κ1) is 20.3. The van der Waals surface area contributed by atoms with Gasteiger partial charge in [-0.1, -0.05) is 54.1 Å². The van der Waals surface area contributed by atoms with Crippen LogP contribution in [0.2, 0.25) is 5.02 Å². The monoisotopic (exact) mass is 445 g/mol. The molecule has 0 saturated carbocycles. The lowest BCUT2D eigenvalue weighted by molar-refractivity contribution is 0.0714. The minimum absolute atomic E-state index is 0.0830. The number of rotatable bonds is 5. The molecule has 0 aliphatic carbocycles. The van der Waals surface area contributed by atoms with Gasteiger partial charge in [0.05, 0.1) is 23.6 Å². The Kier molecular flexibility index (Phi) is 5.19. The van der Waals surface area contributed by atoms with Crippen molar-refractivity contribution in [1.29, 1.82) is 0 Å². The summed E-state index contributed by atoms with van der Waals surface area (Å²) >= 11 is 6.39. The van der Waals surface area contributed by atoms with Crippen molar-refractivity contribution in [1.82, 2.24) is 4.90 Å². The van der Waals surface area contributed by atoms with Gasteiger partial charge in [0.25, 0.3) is 5.91 Å². The molecule has 0 spiro atoms. The smallest absolute Gasteiger partial charge is 0.291 e. The fourth-order valence-corrected chi connectivity index (χ4v) is 4.40. The van der Waals surface area contributed by atoms with Crippen LogP contribution in [0.15, 0.2) is 82.0 Å². The molecule has 0 N–H and O–H groups in total. The quantitative estimate of drug-likeness (QED) is 0.401. The second-order valence-corrected chi connectivity index (χ2v) is 8.01. The second-order valence-electron chi connectivity index (χ2n) is 7.60. The maximum Gasteiger partial charge on any atom is 0.291 e. The van der Waals surface area contributed by atoms with Crippen LogP contribution in [-0.4, -0.2) is 17.4 Å². The van der Waals surface area contributed by atoms with Crippen LogP contribution in [0.4, 0.5) is 0 Å². The largest absolute Gasteiger partial charge is 0.494 e. The van der Waals surface area contributed by atoms with Gasteiger partial charge in [-0.05, 0) is 48.4 Å². The van der Waals surface area contributed by atoms with Gasteiger partial charge in [-0.3, -0.25) is 9.59 Å². The summed E-state index contributed by atoms with van der Waals surface area (Å²) in [5.41, 5.74) is 2.15. The first-order valence-corrected chi connectivity index (χ1v) is 10.8. The van der Waals surface area contributed by atoms with Gasteiger partial charge < -0.3 is 14.1 Å². The molecular formula is C26H20ClNO4. The molecule has 32 heavy (non-hydrogen) atoms. The Morgan fingerprint density at radius 3 is 2.44 bits per heavy atom. The minimum Gasteiger partial charge on any atom is -0.494 e. The highest BCUT2D eigenvalue weighted by Gasteiger charge is 2.42. The van der Waals surface area contributed by atoms with E-state index >= 15 is 0 Å². The van der Waals surface area contributed by atoms with Gasteiger partial charge in [-0.15, -0.1) is 0 Å². The van der Waals surface area contributed by atoms with Crippen molar-refractivity contribution in [2.45, 2.75) is 19.5 Å². The Hall–Kier alpha value is -3.57. The van der Waals surface area contributed by atoms with Crippen LogP contribution < -0.4 is 10.2 Å². The average molecular weight is 446 g/mol. The van der Waals surface area contributed by atoms with Crippen molar-refractivity contribution in [3.8, 4) is 5.75 Å². The Labute approximate surface area is 189 Å². The van der Waals surface area contributed by atoms with Crippen LogP contribution in [0.3, 0.4) is 0 Å². The van der Waals surface area contributed by atoms with E-state index in [-0.39, 0.29) is 23.6 Å². The van der Waals surface area contributed by atoms with Gasteiger partial charge in [0.15, 0.2) is 5.43 Å². The zero-order chi connectivity index (χ0) is 22.2. The Bertz CT molecular complexity index is 1380. The third-order valence-corrected chi connectivity index (χ3v) is 6.05. The number of hydrogen-bond acceptors (Lipinski definition) is 4. The van der Waals surface area contributed by atoms with Crippen LogP contribution in [-0.2, 0) is 6.54 Å². The van der Waals surface area contributed by atoms with Crippen LogP contribution in [0, 0.1) is 0 Å². The number of hydrogen-bond donors (Lipinski definition) is 0. The number of nitrogens with zero attached hydrogens (tertiary/aromatic N) is 1. The molecule has 2 heterocycles. The van der Waals surface area contributed by atoms with E-state index in [1.165, 1.54) is 0 Å². The summed E-state index contributed by atoms with van der Waals surface area (Å²) in [4.78, 5) is 28.6. The zero-order valence-corrected chi connectivity index (χ0v) is 18.1. The minimum atomic E-state index is -0.592. The lowest BCUT2D eigenvalue weighted by Crippen LogP contribution is -2.29. The van der Waals surface area contributed by atoms with E-state index in [1.807, 2.05) is 49.4 Å². The molecule has 1 aromatic heterocycles. The van der Waals surface area contributed by atoms with Crippen LogP contribution in [0.25, 0.3) is 11.0 Å². The number of carbonyl (C=O) groups is 1. The molecule has 1 unspecified atom stereocenters. The molecule has 0 fully saturated rings. The molecule has 1 aliphatic heterocycles. The lowest BCUT2D eigenvalue weighted by Gasteiger charge is -2.25. The molecule has 5 nitrogen and oxygen atoms in total. The number of fused-ring (bicyclic) bond motifs is 2. The summed E-state index contributed by atoms with van der Waals surface area (Å²) in [5.74, 6) is 0.477. The van der Waals surface area contributed by atoms with Gasteiger partial charge in [0.2, 0.25) is 5.76 Å². The molecule has 1 amide bonds. The predicted octanol–water partition coefficient (Wildman–Crippen LogP) is 5.59. The van der Waals surface area contributed by atoms with E-state index in [2.05, 4.69) is 0 Å².